The highest BCUT2D eigenvalue weighted by atomic mass is 16.4. The van der Waals surface area contributed by atoms with Gasteiger partial charge in [-0.3, -0.25) is 4.90 Å². The van der Waals surface area contributed by atoms with Gasteiger partial charge in [0.25, 0.3) is 0 Å². The van der Waals surface area contributed by atoms with Crippen molar-refractivity contribution in [2.45, 2.75) is 19.4 Å². The number of hydrogen-bond acceptors (Lipinski definition) is 3. The minimum Gasteiger partial charge on any atom is -0.480 e. The van der Waals surface area contributed by atoms with Crippen molar-refractivity contribution in [3.05, 3.63) is 23.8 Å². The monoisotopic (exact) mass is 239 g/mol. The molecule has 0 aliphatic heterocycles. The van der Waals surface area contributed by atoms with E-state index in [-0.39, 0.29) is 5.57 Å². The third kappa shape index (κ3) is 1.98. The summed E-state index contributed by atoms with van der Waals surface area (Å²) < 4.78 is 0. The van der Waals surface area contributed by atoms with Crippen LogP contribution < -0.4 is 0 Å². The van der Waals surface area contributed by atoms with Crippen LogP contribution in [0.25, 0.3) is 0 Å². The maximum atomic E-state index is 11.5. The van der Waals surface area contributed by atoms with E-state index < -0.39 is 23.4 Å². The van der Waals surface area contributed by atoms with Gasteiger partial charge in [-0.2, -0.15) is 0 Å². The first kappa shape index (κ1) is 13.4. The van der Waals surface area contributed by atoms with Crippen LogP contribution >= 0.6 is 0 Å². The quantitative estimate of drug-likeness (QED) is 0.764. The van der Waals surface area contributed by atoms with E-state index in [1.54, 1.807) is 24.9 Å². The molecule has 1 aliphatic rings. The zero-order valence-electron chi connectivity index (χ0n) is 10.2. The summed E-state index contributed by atoms with van der Waals surface area (Å²) >= 11 is 0. The molecule has 5 nitrogen and oxygen atoms in total. The highest BCUT2D eigenvalue weighted by molar-refractivity contribution is 5.92. The summed E-state index contributed by atoms with van der Waals surface area (Å²) in [6, 6.07) is 0. The van der Waals surface area contributed by atoms with Gasteiger partial charge in [-0.25, -0.2) is 9.59 Å². The van der Waals surface area contributed by atoms with Crippen LogP contribution in [0.3, 0.4) is 0 Å². The van der Waals surface area contributed by atoms with Crippen molar-refractivity contribution < 1.29 is 19.8 Å². The fourth-order valence-electron chi connectivity index (χ4n) is 2.22. The molecular formula is C12H17NO4. The molecule has 0 spiro atoms. The summed E-state index contributed by atoms with van der Waals surface area (Å²) in [6.07, 6.45) is 4.51. The van der Waals surface area contributed by atoms with Crippen LogP contribution in [-0.2, 0) is 9.59 Å². The molecule has 2 atom stereocenters. The molecule has 0 aromatic rings. The summed E-state index contributed by atoms with van der Waals surface area (Å²) in [5.41, 5.74) is -1.16. The molecule has 0 bridgehead atoms. The predicted octanol–water partition coefficient (Wildman–Crippen LogP) is 0.978. The molecule has 0 aromatic heterocycles. The number of hydrogen-bond donors (Lipinski definition) is 2. The first-order valence-corrected chi connectivity index (χ1v) is 5.45. The summed E-state index contributed by atoms with van der Waals surface area (Å²) in [5, 5.41) is 18.5. The first-order valence-electron chi connectivity index (χ1n) is 5.45. The SMILES string of the molecule is CCN(C)C1(C(=O)O)C=CC=C(C(=O)O)C1C. The first-order chi connectivity index (χ1) is 7.87. The Labute approximate surface area is 100 Å². The molecule has 0 aromatic carbocycles. The fourth-order valence-corrected chi connectivity index (χ4v) is 2.22. The van der Waals surface area contributed by atoms with Crippen molar-refractivity contribution in [1.29, 1.82) is 0 Å². The van der Waals surface area contributed by atoms with E-state index >= 15 is 0 Å². The molecule has 94 valence electrons. The molecule has 1 aliphatic carbocycles. The Bertz CT molecular complexity index is 399. The van der Waals surface area contributed by atoms with Crippen molar-refractivity contribution in [3.63, 3.8) is 0 Å². The van der Waals surface area contributed by atoms with Crippen molar-refractivity contribution >= 4 is 11.9 Å². The van der Waals surface area contributed by atoms with Crippen molar-refractivity contribution in [2.24, 2.45) is 5.92 Å². The lowest BCUT2D eigenvalue weighted by Crippen LogP contribution is -2.57. The Hall–Kier alpha value is -1.62. The van der Waals surface area contributed by atoms with Crippen molar-refractivity contribution in [2.75, 3.05) is 13.6 Å². The molecule has 17 heavy (non-hydrogen) atoms. The molecule has 1 rings (SSSR count). The van der Waals surface area contributed by atoms with E-state index in [4.69, 9.17) is 5.11 Å². The molecule has 2 N–H and O–H groups in total. The zero-order valence-corrected chi connectivity index (χ0v) is 10.2. The average Bonchev–Trinajstić information content (AvgIpc) is 2.27. The van der Waals surface area contributed by atoms with Crippen LogP contribution in [0, 0.1) is 5.92 Å². The maximum absolute atomic E-state index is 11.5. The van der Waals surface area contributed by atoms with Crippen LogP contribution in [-0.4, -0.2) is 46.2 Å². The lowest BCUT2D eigenvalue weighted by atomic mass is 9.75. The Morgan fingerprint density at radius 1 is 1.47 bits per heavy atom. The zero-order chi connectivity index (χ0) is 13.2. The van der Waals surface area contributed by atoms with Gasteiger partial charge in [0.15, 0.2) is 0 Å². The second kappa shape index (κ2) is 4.71. The van der Waals surface area contributed by atoms with Gasteiger partial charge in [-0.15, -0.1) is 0 Å². The number of aliphatic carboxylic acids is 2. The molecule has 0 radical (unpaired) electrons. The Morgan fingerprint density at radius 3 is 2.47 bits per heavy atom. The largest absolute Gasteiger partial charge is 0.480 e. The number of likely N-dealkylation sites (N-methyl/N-ethyl adjacent to an activating group) is 1. The summed E-state index contributed by atoms with van der Waals surface area (Å²) in [6.45, 7) is 3.99. The average molecular weight is 239 g/mol. The lowest BCUT2D eigenvalue weighted by molar-refractivity contribution is -0.150. The molecular weight excluding hydrogens is 222 g/mol. The van der Waals surface area contributed by atoms with Gasteiger partial charge in [0.05, 0.1) is 0 Å². The van der Waals surface area contributed by atoms with Crippen LogP contribution in [0.15, 0.2) is 23.8 Å². The van der Waals surface area contributed by atoms with Gasteiger partial charge < -0.3 is 10.2 Å². The van der Waals surface area contributed by atoms with E-state index in [1.165, 1.54) is 12.2 Å². The van der Waals surface area contributed by atoms with Gasteiger partial charge in [-0.05, 0) is 13.6 Å². The second-order valence-electron chi connectivity index (χ2n) is 4.15. The highest BCUT2D eigenvalue weighted by Crippen LogP contribution is 2.34. The molecule has 5 heteroatoms. The van der Waals surface area contributed by atoms with E-state index in [2.05, 4.69) is 0 Å². The van der Waals surface area contributed by atoms with Crippen LogP contribution in [0.4, 0.5) is 0 Å². The molecule has 0 fully saturated rings. The molecule has 0 saturated heterocycles. The summed E-state index contributed by atoms with van der Waals surface area (Å²) in [5.74, 6) is -2.71. The second-order valence-corrected chi connectivity index (χ2v) is 4.15. The van der Waals surface area contributed by atoms with E-state index in [0.29, 0.717) is 6.54 Å². The predicted molar refractivity (Wildman–Crippen MR) is 62.7 cm³/mol. The highest BCUT2D eigenvalue weighted by Gasteiger charge is 2.48. The minimum atomic E-state index is -1.28. The lowest BCUT2D eigenvalue weighted by Gasteiger charge is -2.41. The Kier molecular flexibility index (Phi) is 3.72. The van der Waals surface area contributed by atoms with E-state index in [9.17, 15) is 14.7 Å². The number of allylic oxidation sites excluding steroid dienone is 2. The number of rotatable bonds is 4. The number of carbonyl (C=O) groups is 2. The third-order valence-corrected chi connectivity index (χ3v) is 3.45. The molecule has 0 saturated carbocycles. The Morgan fingerprint density at radius 2 is 2.06 bits per heavy atom. The molecule has 0 heterocycles. The third-order valence-electron chi connectivity index (χ3n) is 3.45. The van der Waals surface area contributed by atoms with E-state index in [1.807, 2.05) is 6.92 Å². The number of nitrogens with zero attached hydrogens (tertiary/aromatic N) is 1. The van der Waals surface area contributed by atoms with Gasteiger partial charge in [0.2, 0.25) is 0 Å². The summed E-state index contributed by atoms with van der Waals surface area (Å²) in [7, 11) is 1.68. The van der Waals surface area contributed by atoms with Crippen molar-refractivity contribution in [1.82, 2.24) is 4.90 Å². The molecule has 0 amide bonds. The maximum Gasteiger partial charge on any atom is 0.331 e. The van der Waals surface area contributed by atoms with Crippen LogP contribution in [0.2, 0.25) is 0 Å². The minimum absolute atomic E-state index is 0.121. The standard InChI is InChI=1S/C12H17NO4/c1-4-13(3)12(11(16)17)7-5-6-9(8(12)2)10(14)15/h5-8H,4H2,1-3H3,(H,14,15)(H,16,17). The van der Waals surface area contributed by atoms with Crippen molar-refractivity contribution in [3.8, 4) is 0 Å². The number of carboxylic acid groups (broad SMARTS) is 2. The van der Waals surface area contributed by atoms with Gasteiger partial charge in [0, 0.05) is 11.5 Å². The fraction of sp³-hybridized carbons (Fsp3) is 0.500. The molecule has 2 unspecified atom stereocenters. The van der Waals surface area contributed by atoms with Gasteiger partial charge in [-0.1, -0.05) is 32.1 Å². The smallest absolute Gasteiger partial charge is 0.331 e. The Balaban J connectivity index is 3.28. The van der Waals surface area contributed by atoms with E-state index in [0.717, 1.165) is 0 Å². The van der Waals surface area contributed by atoms with Gasteiger partial charge >= 0.3 is 11.9 Å². The van der Waals surface area contributed by atoms with Gasteiger partial charge in [0.1, 0.15) is 5.54 Å². The normalized spacial score (nSPS) is 28.0. The van der Waals surface area contributed by atoms with Crippen LogP contribution in [0.5, 0.6) is 0 Å². The topological polar surface area (TPSA) is 77.8 Å². The summed E-state index contributed by atoms with van der Waals surface area (Å²) in [4.78, 5) is 24.3. The number of carboxylic acids is 2. The van der Waals surface area contributed by atoms with Crippen LogP contribution in [0.1, 0.15) is 13.8 Å².